The van der Waals surface area contributed by atoms with Crippen molar-refractivity contribution in [3.05, 3.63) is 63.4 Å². The predicted octanol–water partition coefficient (Wildman–Crippen LogP) is 4.15. The van der Waals surface area contributed by atoms with Gasteiger partial charge in [-0.1, -0.05) is 40.3 Å². The highest BCUT2D eigenvalue weighted by atomic mass is 79.9. The summed E-state index contributed by atoms with van der Waals surface area (Å²) in [5.41, 5.74) is 4.75. The third kappa shape index (κ3) is 5.33. The van der Waals surface area contributed by atoms with Crippen LogP contribution in [0.1, 0.15) is 22.5 Å². The van der Waals surface area contributed by atoms with Gasteiger partial charge in [-0.05, 0) is 49.2 Å². The molecule has 0 atom stereocenters. The molecular weight excluding hydrogens is 394 g/mol. The summed E-state index contributed by atoms with van der Waals surface area (Å²) < 4.78 is 1.14. The highest BCUT2D eigenvalue weighted by Gasteiger charge is 2.19. The summed E-state index contributed by atoms with van der Waals surface area (Å²) in [6.07, 6.45) is 0.767. The summed E-state index contributed by atoms with van der Waals surface area (Å²) in [6.45, 7) is 9.25. The van der Waals surface area contributed by atoms with Crippen LogP contribution in [-0.4, -0.2) is 46.0 Å². The molecule has 0 unspecified atom stereocenters. The molecule has 1 aliphatic heterocycles. The van der Waals surface area contributed by atoms with Crippen LogP contribution >= 0.6 is 28.1 Å². The van der Waals surface area contributed by atoms with Crippen LogP contribution in [0.25, 0.3) is 0 Å². The molecule has 5 heteroatoms. The highest BCUT2D eigenvalue weighted by molar-refractivity contribution is 9.10. The second-order valence-electron chi connectivity index (χ2n) is 6.74. The second-order valence-corrected chi connectivity index (χ2v) is 8.13. The smallest absolute Gasteiger partial charge is 0.0840 e. The summed E-state index contributed by atoms with van der Waals surface area (Å²) in [6, 6.07) is 12.8. The van der Waals surface area contributed by atoms with E-state index in [0.717, 1.165) is 60.0 Å². The third-order valence-corrected chi connectivity index (χ3v) is 5.40. The van der Waals surface area contributed by atoms with E-state index in [1.807, 2.05) is 6.92 Å². The number of halogens is 1. The van der Waals surface area contributed by atoms with Gasteiger partial charge in [0.2, 0.25) is 0 Å². The molecule has 1 aromatic heterocycles. The molecule has 1 saturated heterocycles. The summed E-state index contributed by atoms with van der Waals surface area (Å²) in [5.74, 6) is 0. The van der Waals surface area contributed by atoms with Crippen molar-refractivity contribution in [2.45, 2.75) is 26.8 Å². The van der Waals surface area contributed by atoms with E-state index in [2.05, 4.69) is 74.0 Å². The lowest BCUT2D eigenvalue weighted by atomic mass is 10.1. The molecule has 0 bridgehead atoms. The Morgan fingerprint density at radius 2 is 1.88 bits per heavy atom. The Bertz CT molecular complexity index is 734. The van der Waals surface area contributed by atoms with Crippen LogP contribution in [-0.2, 0) is 13.0 Å². The first-order valence-corrected chi connectivity index (χ1v) is 9.88. The maximum atomic E-state index is 5.69. The average Bonchev–Trinajstić information content (AvgIpc) is 2.54. The van der Waals surface area contributed by atoms with E-state index in [-0.39, 0.29) is 0 Å². The summed E-state index contributed by atoms with van der Waals surface area (Å²) >= 11 is 9.24. The van der Waals surface area contributed by atoms with Crippen LogP contribution in [0.5, 0.6) is 0 Å². The Hall–Kier alpha value is -1.30. The molecule has 0 saturated carbocycles. The zero-order chi connectivity index (χ0) is 17.8. The van der Waals surface area contributed by atoms with Gasteiger partial charge in [-0.2, -0.15) is 0 Å². The largest absolute Gasteiger partial charge is 0.363 e. The first-order chi connectivity index (χ1) is 12.0. The zero-order valence-corrected chi connectivity index (χ0v) is 17.2. The normalized spacial score (nSPS) is 15.4. The average molecular weight is 418 g/mol. The number of nitrogens with zero attached hydrogens (tertiary/aromatic N) is 3. The van der Waals surface area contributed by atoms with Crippen molar-refractivity contribution < 1.29 is 0 Å². The molecule has 1 aromatic carbocycles. The molecule has 25 heavy (non-hydrogen) atoms. The monoisotopic (exact) mass is 417 g/mol. The quantitative estimate of drug-likeness (QED) is 0.695. The standard InChI is InChI=1S/C20H24BrN3S/c1-15-10-16(2)22-19(11-15)13-20(25)24-8-6-23(7-9-24)14-17-4-3-5-18(21)12-17/h3-5,10-12H,6-9,13-14H2,1-2H3. The molecule has 1 aliphatic rings. The van der Waals surface area contributed by atoms with Crippen LogP contribution in [0.2, 0.25) is 0 Å². The lowest BCUT2D eigenvalue weighted by Crippen LogP contribution is -2.48. The number of thiocarbonyl (C=S) groups is 1. The van der Waals surface area contributed by atoms with E-state index >= 15 is 0 Å². The molecule has 0 spiro atoms. The Kier molecular flexibility index (Phi) is 6.20. The molecule has 1 fully saturated rings. The Balaban J connectivity index is 1.52. The van der Waals surface area contributed by atoms with Gasteiger partial charge in [0.25, 0.3) is 0 Å². The van der Waals surface area contributed by atoms with Gasteiger partial charge in [-0.15, -0.1) is 0 Å². The third-order valence-electron chi connectivity index (χ3n) is 4.50. The van der Waals surface area contributed by atoms with Crippen molar-refractivity contribution in [1.82, 2.24) is 14.8 Å². The molecule has 0 amide bonds. The van der Waals surface area contributed by atoms with Gasteiger partial charge in [0.05, 0.1) is 4.99 Å². The molecule has 2 heterocycles. The van der Waals surface area contributed by atoms with Gasteiger partial charge in [0.15, 0.2) is 0 Å². The van der Waals surface area contributed by atoms with Crippen molar-refractivity contribution in [2.24, 2.45) is 0 Å². The number of aromatic nitrogens is 1. The minimum Gasteiger partial charge on any atom is -0.363 e. The SMILES string of the molecule is Cc1cc(C)nc(CC(=S)N2CCN(Cc3cccc(Br)c3)CC2)c1. The second kappa shape index (κ2) is 8.39. The van der Waals surface area contributed by atoms with Crippen molar-refractivity contribution in [2.75, 3.05) is 26.2 Å². The number of hydrogen-bond donors (Lipinski definition) is 0. The van der Waals surface area contributed by atoms with Crippen LogP contribution in [0.4, 0.5) is 0 Å². The Morgan fingerprint density at radius 1 is 1.12 bits per heavy atom. The van der Waals surface area contributed by atoms with E-state index in [1.165, 1.54) is 11.1 Å². The number of hydrogen-bond acceptors (Lipinski definition) is 3. The summed E-state index contributed by atoms with van der Waals surface area (Å²) in [7, 11) is 0. The fourth-order valence-electron chi connectivity index (χ4n) is 3.33. The van der Waals surface area contributed by atoms with Gasteiger partial charge in [0, 0.05) is 55.0 Å². The van der Waals surface area contributed by atoms with E-state index < -0.39 is 0 Å². The topological polar surface area (TPSA) is 19.4 Å². The van der Waals surface area contributed by atoms with E-state index in [9.17, 15) is 0 Å². The molecule has 3 nitrogen and oxygen atoms in total. The van der Waals surface area contributed by atoms with Crippen molar-refractivity contribution in [1.29, 1.82) is 0 Å². The van der Waals surface area contributed by atoms with E-state index in [4.69, 9.17) is 12.2 Å². The van der Waals surface area contributed by atoms with Crippen LogP contribution < -0.4 is 0 Å². The first-order valence-electron chi connectivity index (χ1n) is 8.68. The first kappa shape index (κ1) is 18.5. The summed E-state index contributed by atoms with van der Waals surface area (Å²) in [5, 5.41) is 0. The molecule has 0 aliphatic carbocycles. The highest BCUT2D eigenvalue weighted by Crippen LogP contribution is 2.15. The number of piperazine rings is 1. The molecule has 0 radical (unpaired) electrons. The van der Waals surface area contributed by atoms with Gasteiger partial charge in [0.1, 0.15) is 0 Å². The van der Waals surface area contributed by atoms with Crippen molar-refractivity contribution in [3.8, 4) is 0 Å². The van der Waals surface area contributed by atoms with Crippen LogP contribution in [0.3, 0.4) is 0 Å². The fourth-order valence-corrected chi connectivity index (χ4v) is 4.11. The van der Waals surface area contributed by atoms with Crippen LogP contribution in [0.15, 0.2) is 40.9 Å². The Labute approximate surface area is 164 Å². The minimum absolute atomic E-state index is 0.767. The van der Waals surface area contributed by atoms with Gasteiger partial charge in [-0.25, -0.2) is 0 Å². The minimum atomic E-state index is 0.767. The van der Waals surface area contributed by atoms with Gasteiger partial charge >= 0.3 is 0 Å². The molecule has 2 aromatic rings. The van der Waals surface area contributed by atoms with Crippen LogP contribution in [0, 0.1) is 13.8 Å². The maximum Gasteiger partial charge on any atom is 0.0840 e. The molecule has 3 rings (SSSR count). The van der Waals surface area contributed by atoms with Crippen molar-refractivity contribution >= 4 is 33.1 Å². The van der Waals surface area contributed by atoms with E-state index in [1.54, 1.807) is 0 Å². The van der Waals surface area contributed by atoms with Gasteiger partial charge in [-0.3, -0.25) is 9.88 Å². The van der Waals surface area contributed by atoms with Gasteiger partial charge < -0.3 is 4.90 Å². The van der Waals surface area contributed by atoms with Crippen molar-refractivity contribution in [3.63, 3.8) is 0 Å². The molecule has 132 valence electrons. The molecular formula is C20H24BrN3S. The zero-order valence-electron chi connectivity index (χ0n) is 14.8. The number of pyridine rings is 1. The Morgan fingerprint density at radius 3 is 2.56 bits per heavy atom. The number of aryl methyl sites for hydroxylation is 2. The fraction of sp³-hybridized carbons (Fsp3) is 0.400. The van der Waals surface area contributed by atoms with E-state index in [0.29, 0.717) is 0 Å². The molecule has 0 N–H and O–H groups in total. The lowest BCUT2D eigenvalue weighted by Gasteiger charge is -2.36. The summed E-state index contributed by atoms with van der Waals surface area (Å²) in [4.78, 5) is 10.5. The number of benzene rings is 1. The maximum absolute atomic E-state index is 5.69. The predicted molar refractivity (Wildman–Crippen MR) is 111 cm³/mol. The number of rotatable bonds is 4. The lowest BCUT2D eigenvalue weighted by molar-refractivity contribution is 0.176.